The van der Waals surface area contributed by atoms with Gasteiger partial charge in [-0.25, -0.2) is 0 Å². The van der Waals surface area contributed by atoms with E-state index < -0.39 is 0 Å². The summed E-state index contributed by atoms with van der Waals surface area (Å²) in [6.45, 7) is 3.84. The Morgan fingerprint density at radius 2 is 1.48 bits per heavy atom. The summed E-state index contributed by atoms with van der Waals surface area (Å²) in [5, 5.41) is 0. The third-order valence-electron chi connectivity index (χ3n) is 7.62. The molecular formula is C28H34N2O3. The number of carbonyl (C=O) groups excluding carboxylic acids is 2. The number of ether oxygens (including phenoxy) is 1. The predicted octanol–water partition coefficient (Wildman–Crippen LogP) is 4.66. The largest absolute Gasteiger partial charge is 0.492 e. The molecule has 2 amide bonds. The lowest BCUT2D eigenvalue weighted by Gasteiger charge is -2.34. The second kappa shape index (κ2) is 9.58. The average Bonchev–Trinajstić information content (AvgIpc) is 3.70. The highest BCUT2D eigenvalue weighted by Gasteiger charge is 2.53. The standard InChI is InChI=1S/C28H34N2O3/c31-26(29-17-7-2-8-18-29)24-11-5-6-12-25(24)33-21-22-13-19-30(20-14-22)27(32)28(15-16-28)23-9-3-1-4-10-23/h1,3-6,9-12,22H,2,7-8,13-21H2. The normalized spacial score (nSPS) is 20.4. The molecule has 174 valence electrons. The summed E-state index contributed by atoms with van der Waals surface area (Å²) in [7, 11) is 0. The first-order valence-corrected chi connectivity index (χ1v) is 12.5. The van der Waals surface area contributed by atoms with Gasteiger partial charge >= 0.3 is 0 Å². The number of hydrogen-bond donors (Lipinski definition) is 0. The van der Waals surface area contributed by atoms with Crippen LogP contribution in [0.4, 0.5) is 0 Å². The van der Waals surface area contributed by atoms with E-state index in [0.717, 1.165) is 70.3 Å². The van der Waals surface area contributed by atoms with Crippen LogP contribution in [-0.2, 0) is 10.2 Å². The van der Waals surface area contributed by atoms with Gasteiger partial charge in [0.2, 0.25) is 5.91 Å². The van der Waals surface area contributed by atoms with Gasteiger partial charge in [0.05, 0.1) is 17.6 Å². The molecule has 2 aromatic rings. The Bertz CT molecular complexity index is 972. The van der Waals surface area contributed by atoms with E-state index in [1.807, 2.05) is 47.4 Å². The summed E-state index contributed by atoms with van der Waals surface area (Å²) in [6, 6.07) is 17.9. The third kappa shape index (κ3) is 4.64. The van der Waals surface area contributed by atoms with Crippen LogP contribution < -0.4 is 4.74 Å². The van der Waals surface area contributed by atoms with E-state index in [0.29, 0.717) is 29.7 Å². The fourth-order valence-electron chi connectivity index (χ4n) is 5.36. The molecule has 0 atom stereocenters. The number of amides is 2. The lowest BCUT2D eigenvalue weighted by molar-refractivity contribution is -0.135. The van der Waals surface area contributed by atoms with Gasteiger partial charge in [-0.3, -0.25) is 9.59 Å². The Labute approximate surface area is 196 Å². The Morgan fingerprint density at radius 1 is 0.818 bits per heavy atom. The lowest BCUT2D eigenvalue weighted by atomic mass is 9.91. The number of benzene rings is 2. The fraction of sp³-hybridized carbons (Fsp3) is 0.500. The second-order valence-electron chi connectivity index (χ2n) is 9.84. The molecular weight excluding hydrogens is 412 g/mol. The Morgan fingerprint density at radius 3 is 2.18 bits per heavy atom. The van der Waals surface area contributed by atoms with Crippen LogP contribution in [0.2, 0.25) is 0 Å². The van der Waals surface area contributed by atoms with Crippen LogP contribution in [-0.4, -0.2) is 54.4 Å². The lowest BCUT2D eigenvalue weighted by Crippen LogP contribution is -2.44. The molecule has 2 aromatic carbocycles. The molecule has 5 heteroatoms. The first-order valence-electron chi connectivity index (χ1n) is 12.5. The first-order chi connectivity index (χ1) is 16.2. The summed E-state index contributed by atoms with van der Waals surface area (Å²) < 4.78 is 6.18. The van der Waals surface area contributed by atoms with Crippen molar-refractivity contribution in [1.82, 2.24) is 9.80 Å². The highest BCUT2D eigenvalue weighted by Crippen LogP contribution is 2.49. The quantitative estimate of drug-likeness (QED) is 0.648. The zero-order chi connectivity index (χ0) is 22.7. The summed E-state index contributed by atoms with van der Waals surface area (Å²) >= 11 is 0. The highest BCUT2D eigenvalue weighted by molar-refractivity contribution is 5.97. The van der Waals surface area contributed by atoms with Crippen LogP contribution in [0.1, 0.15) is 60.9 Å². The maximum Gasteiger partial charge on any atom is 0.257 e. The van der Waals surface area contributed by atoms with Gasteiger partial charge in [0.25, 0.3) is 5.91 Å². The topological polar surface area (TPSA) is 49.9 Å². The van der Waals surface area contributed by atoms with E-state index in [-0.39, 0.29) is 11.3 Å². The molecule has 3 aliphatic rings. The van der Waals surface area contributed by atoms with Crippen LogP contribution >= 0.6 is 0 Å². The molecule has 0 radical (unpaired) electrons. The maximum atomic E-state index is 13.3. The van der Waals surface area contributed by atoms with Gasteiger partial charge in [-0.15, -0.1) is 0 Å². The molecule has 0 spiro atoms. The van der Waals surface area contributed by atoms with Crippen LogP contribution in [0.3, 0.4) is 0 Å². The summed E-state index contributed by atoms with van der Waals surface area (Å²) in [4.78, 5) is 30.3. The van der Waals surface area contributed by atoms with Crippen molar-refractivity contribution in [2.45, 2.75) is 50.4 Å². The van der Waals surface area contributed by atoms with Gasteiger partial charge < -0.3 is 14.5 Å². The SMILES string of the molecule is O=C(c1ccccc1OCC1CCN(C(=O)C2(c3ccccc3)CC2)CC1)N1CCCCC1. The summed E-state index contributed by atoms with van der Waals surface area (Å²) in [5.41, 5.74) is 1.55. The van der Waals surface area contributed by atoms with Crippen LogP contribution in [0.5, 0.6) is 5.75 Å². The third-order valence-corrected chi connectivity index (χ3v) is 7.62. The molecule has 0 aromatic heterocycles. The Balaban J connectivity index is 1.15. The zero-order valence-electron chi connectivity index (χ0n) is 19.4. The van der Waals surface area contributed by atoms with Gasteiger partial charge in [0.15, 0.2) is 0 Å². The van der Waals surface area contributed by atoms with E-state index in [1.54, 1.807) is 0 Å². The summed E-state index contributed by atoms with van der Waals surface area (Å²) in [5.74, 6) is 1.47. The zero-order valence-corrected chi connectivity index (χ0v) is 19.4. The molecule has 5 nitrogen and oxygen atoms in total. The number of carbonyl (C=O) groups is 2. The molecule has 0 unspecified atom stereocenters. The smallest absolute Gasteiger partial charge is 0.257 e. The van der Waals surface area contributed by atoms with Crippen LogP contribution in [0.25, 0.3) is 0 Å². The minimum Gasteiger partial charge on any atom is -0.492 e. The van der Waals surface area contributed by atoms with Crippen molar-refractivity contribution in [3.63, 3.8) is 0 Å². The molecule has 5 rings (SSSR count). The minimum atomic E-state index is -0.279. The molecule has 1 aliphatic carbocycles. The molecule has 33 heavy (non-hydrogen) atoms. The number of likely N-dealkylation sites (tertiary alicyclic amines) is 2. The average molecular weight is 447 g/mol. The van der Waals surface area contributed by atoms with E-state index in [1.165, 1.54) is 6.42 Å². The van der Waals surface area contributed by atoms with Crippen LogP contribution in [0.15, 0.2) is 54.6 Å². The van der Waals surface area contributed by atoms with Gasteiger partial charge in [-0.2, -0.15) is 0 Å². The molecule has 2 saturated heterocycles. The number of piperidine rings is 2. The van der Waals surface area contributed by atoms with Gasteiger partial charge in [0.1, 0.15) is 5.75 Å². The monoisotopic (exact) mass is 446 g/mol. The fourth-order valence-corrected chi connectivity index (χ4v) is 5.36. The first kappa shape index (κ1) is 22.0. The van der Waals surface area contributed by atoms with Crippen molar-refractivity contribution < 1.29 is 14.3 Å². The van der Waals surface area contributed by atoms with Gasteiger partial charge in [0, 0.05) is 26.2 Å². The van der Waals surface area contributed by atoms with Gasteiger partial charge in [-0.05, 0) is 68.6 Å². The molecule has 1 saturated carbocycles. The Hall–Kier alpha value is -2.82. The Kier molecular flexibility index (Phi) is 6.39. The van der Waals surface area contributed by atoms with Crippen LogP contribution in [0, 0.1) is 5.92 Å². The second-order valence-corrected chi connectivity index (χ2v) is 9.84. The van der Waals surface area contributed by atoms with Crippen molar-refractivity contribution in [1.29, 1.82) is 0 Å². The van der Waals surface area contributed by atoms with Crippen molar-refractivity contribution >= 4 is 11.8 Å². The molecule has 0 N–H and O–H groups in total. The minimum absolute atomic E-state index is 0.0846. The number of rotatable bonds is 6. The molecule has 2 heterocycles. The van der Waals surface area contributed by atoms with Gasteiger partial charge in [-0.1, -0.05) is 42.5 Å². The predicted molar refractivity (Wildman–Crippen MR) is 128 cm³/mol. The number of nitrogens with zero attached hydrogens (tertiary/aromatic N) is 2. The maximum absolute atomic E-state index is 13.3. The molecule has 0 bridgehead atoms. The number of hydrogen-bond acceptors (Lipinski definition) is 3. The van der Waals surface area contributed by atoms with E-state index in [4.69, 9.17) is 4.74 Å². The van der Waals surface area contributed by atoms with Crippen molar-refractivity contribution in [2.75, 3.05) is 32.8 Å². The molecule has 2 aliphatic heterocycles. The summed E-state index contributed by atoms with van der Waals surface area (Å²) in [6.07, 6.45) is 7.17. The highest BCUT2D eigenvalue weighted by atomic mass is 16.5. The number of para-hydroxylation sites is 1. The van der Waals surface area contributed by atoms with Crippen molar-refractivity contribution in [3.05, 3.63) is 65.7 Å². The molecule has 3 fully saturated rings. The van der Waals surface area contributed by atoms with Crippen molar-refractivity contribution in [2.24, 2.45) is 5.92 Å². The van der Waals surface area contributed by atoms with E-state index in [9.17, 15) is 9.59 Å². The van der Waals surface area contributed by atoms with E-state index >= 15 is 0 Å². The van der Waals surface area contributed by atoms with Crippen molar-refractivity contribution in [3.8, 4) is 5.75 Å². The van der Waals surface area contributed by atoms with E-state index in [2.05, 4.69) is 17.0 Å².